The van der Waals surface area contributed by atoms with Crippen molar-refractivity contribution in [3.8, 4) is 11.4 Å². The molecule has 2 nitrogen and oxygen atoms in total. The predicted molar refractivity (Wildman–Crippen MR) is 101 cm³/mol. The summed E-state index contributed by atoms with van der Waals surface area (Å²) >= 11 is 0. The molecule has 0 atom stereocenters. The monoisotopic (exact) mass is 314 g/mol. The molecule has 0 radical (unpaired) electrons. The molecule has 2 aromatic heterocycles. The molecule has 0 aliphatic rings. The van der Waals surface area contributed by atoms with Gasteiger partial charge in [0.15, 0.2) is 0 Å². The molecule has 0 aliphatic carbocycles. The lowest BCUT2D eigenvalue weighted by Crippen LogP contribution is -2.15. The van der Waals surface area contributed by atoms with Gasteiger partial charge >= 0.3 is 0 Å². The van der Waals surface area contributed by atoms with E-state index >= 15 is 0 Å². The number of rotatable bonds is 2. The first-order valence-electron chi connectivity index (χ1n) is 8.38. The summed E-state index contributed by atoms with van der Waals surface area (Å²) in [5.74, 6) is 0. The molecule has 2 aromatic carbocycles. The van der Waals surface area contributed by atoms with Crippen molar-refractivity contribution in [2.45, 2.75) is 26.2 Å². The van der Waals surface area contributed by atoms with E-state index in [9.17, 15) is 0 Å². The Labute approximate surface area is 143 Å². The van der Waals surface area contributed by atoms with Gasteiger partial charge in [0.25, 0.3) is 0 Å². The molecule has 0 spiro atoms. The number of fused-ring (bicyclic) bond motifs is 1. The van der Waals surface area contributed by atoms with Crippen molar-refractivity contribution in [1.82, 2.24) is 9.13 Å². The second kappa shape index (κ2) is 5.41. The van der Waals surface area contributed by atoms with Crippen molar-refractivity contribution in [1.29, 1.82) is 0 Å². The maximum absolute atomic E-state index is 2.29. The van der Waals surface area contributed by atoms with Crippen LogP contribution in [0.15, 0.2) is 79.4 Å². The van der Waals surface area contributed by atoms with Crippen molar-refractivity contribution < 1.29 is 0 Å². The Morgan fingerprint density at radius 1 is 0.708 bits per heavy atom. The highest BCUT2D eigenvalue weighted by molar-refractivity contribution is 5.91. The van der Waals surface area contributed by atoms with Gasteiger partial charge in [0.1, 0.15) is 0 Å². The summed E-state index contributed by atoms with van der Waals surface area (Å²) in [6.45, 7) is 6.86. The Kier molecular flexibility index (Phi) is 3.34. The van der Waals surface area contributed by atoms with Gasteiger partial charge < -0.3 is 9.13 Å². The van der Waals surface area contributed by atoms with Crippen LogP contribution in [0.1, 0.15) is 26.3 Å². The number of benzene rings is 2. The molecular formula is C22H22N2. The van der Waals surface area contributed by atoms with Crippen LogP contribution in [0.4, 0.5) is 0 Å². The number of hydrogen-bond donors (Lipinski definition) is 0. The molecule has 0 N–H and O–H groups in total. The maximum Gasteiger partial charge on any atom is 0.0493 e. The smallest absolute Gasteiger partial charge is 0.0493 e. The fourth-order valence-corrected chi connectivity index (χ4v) is 3.47. The van der Waals surface area contributed by atoms with E-state index in [2.05, 4.69) is 109 Å². The van der Waals surface area contributed by atoms with Crippen LogP contribution >= 0.6 is 0 Å². The van der Waals surface area contributed by atoms with E-state index in [1.807, 2.05) is 0 Å². The van der Waals surface area contributed by atoms with E-state index in [0.29, 0.717) is 0 Å². The Bertz CT molecular complexity index is 969. The first-order valence-corrected chi connectivity index (χ1v) is 8.38. The zero-order chi connectivity index (χ0) is 16.7. The minimum Gasteiger partial charge on any atom is -0.324 e. The van der Waals surface area contributed by atoms with E-state index in [0.717, 1.165) is 0 Å². The van der Waals surface area contributed by atoms with Gasteiger partial charge in [-0.1, -0.05) is 32.9 Å². The fourth-order valence-electron chi connectivity index (χ4n) is 3.47. The maximum atomic E-state index is 2.29. The predicted octanol–water partition coefficient (Wildman–Crippen LogP) is 5.72. The highest BCUT2D eigenvalue weighted by Crippen LogP contribution is 2.36. The Balaban J connectivity index is 1.99. The quantitative estimate of drug-likeness (QED) is 0.448. The molecule has 120 valence electrons. The van der Waals surface area contributed by atoms with Gasteiger partial charge in [0, 0.05) is 36.2 Å². The third kappa shape index (κ3) is 2.44. The Morgan fingerprint density at radius 2 is 1.33 bits per heavy atom. The molecule has 0 bridgehead atoms. The lowest BCUT2D eigenvalue weighted by Gasteiger charge is -2.26. The van der Waals surface area contributed by atoms with Crippen LogP contribution in [0.3, 0.4) is 0 Å². The molecule has 0 saturated carbocycles. The molecule has 4 aromatic rings. The molecule has 0 amide bonds. The summed E-state index contributed by atoms with van der Waals surface area (Å²) < 4.78 is 4.36. The third-order valence-electron chi connectivity index (χ3n) is 4.52. The second-order valence-electron chi connectivity index (χ2n) is 7.30. The lowest BCUT2D eigenvalue weighted by atomic mass is 9.82. The molecule has 2 heterocycles. The highest BCUT2D eigenvalue weighted by atomic mass is 14.9. The van der Waals surface area contributed by atoms with Crippen molar-refractivity contribution in [2.24, 2.45) is 0 Å². The van der Waals surface area contributed by atoms with Crippen LogP contribution in [-0.4, -0.2) is 9.13 Å². The average Bonchev–Trinajstić information content (AvgIpc) is 3.25. The normalized spacial score (nSPS) is 12.0. The van der Waals surface area contributed by atoms with Crippen molar-refractivity contribution in [2.75, 3.05) is 0 Å². The number of aromatic nitrogens is 2. The van der Waals surface area contributed by atoms with Gasteiger partial charge in [-0.25, -0.2) is 0 Å². The van der Waals surface area contributed by atoms with E-state index in [4.69, 9.17) is 0 Å². The summed E-state index contributed by atoms with van der Waals surface area (Å²) in [5, 5.41) is 2.60. The van der Waals surface area contributed by atoms with Gasteiger partial charge in [-0.05, 0) is 64.2 Å². The zero-order valence-electron chi connectivity index (χ0n) is 14.4. The minimum atomic E-state index is 0.0636. The molecule has 4 rings (SSSR count). The summed E-state index contributed by atoms with van der Waals surface area (Å²) in [5.41, 5.74) is 3.90. The first-order chi connectivity index (χ1) is 11.5. The fraction of sp³-hybridized carbons (Fsp3) is 0.182. The van der Waals surface area contributed by atoms with Crippen molar-refractivity contribution in [3.63, 3.8) is 0 Å². The summed E-state index contributed by atoms with van der Waals surface area (Å²) in [4.78, 5) is 0. The van der Waals surface area contributed by atoms with Gasteiger partial charge in [0.05, 0.1) is 0 Å². The van der Waals surface area contributed by atoms with Crippen molar-refractivity contribution in [3.05, 3.63) is 84.9 Å². The Hall–Kier alpha value is -2.74. The summed E-state index contributed by atoms with van der Waals surface area (Å²) in [6.07, 6.45) is 8.40. The zero-order valence-corrected chi connectivity index (χ0v) is 14.4. The first kappa shape index (κ1) is 14.8. The lowest BCUT2D eigenvalue weighted by molar-refractivity contribution is 0.592. The molecular weight excluding hydrogens is 292 g/mol. The largest absolute Gasteiger partial charge is 0.324 e. The van der Waals surface area contributed by atoms with E-state index in [1.165, 1.54) is 27.7 Å². The van der Waals surface area contributed by atoms with Gasteiger partial charge in [0.2, 0.25) is 0 Å². The van der Waals surface area contributed by atoms with Crippen LogP contribution in [0.2, 0.25) is 0 Å². The number of hydrogen-bond acceptors (Lipinski definition) is 0. The van der Waals surface area contributed by atoms with Crippen LogP contribution in [0.25, 0.3) is 22.1 Å². The van der Waals surface area contributed by atoms with Crippen molar-refractivity contribution >= 4 is 10.8 Å². The van der Waals surface area contributed by atoms with Crippen LogP contribution < -0.4 is 0 Å². The third-order valence-corrected chi connectivity index (χ3v) is 4.52. The topological polar surface area (TPSA) is 9.86 Å². The Morgan fingerprint density at radius 3 is 1.96 bits per heavy atom. The second-order valence-corrected chi connectivity index (χ2v) is 7.30. The molecule has 2 heteroatoms. The van der Waals surface area contributed by atoms with E-state index in [-0.39, 0.29) is 5.41 Å². The molecule has 0 saturated heterocycles. The summed E-state index contributed by atoms with van der Waals surface area (Å²) in [7, 11) is 0. The van der Waals surface area contributed by atoms with Crippen LogP contribution in [0.5, 0.6) is 0 Å². The van der Waals surface area contributed by atoms with Gasteiger partial charge in [-0.3, -0.25) is 0 Å². The molecule has 0 fully saturated rings. The van der Waals surface area contributed by atoms with Crippen LogP contribution in [0, 0.1) is 0 Å². The minimum absolute atomic E-state index is 0.0636. The van der Waals surface area contributed by atoms with Crippen LogP contribution in [-0.2, 0) is 5.41 Å². The highest BCUT2D eigenvalue weighted by Gasteiger charge is 2.22. The standard InChI is InChI=1S/C22H22N2/c1-22(2,3)21-19-10-9-18(23-12-4-5-13-23)16-17(19)8-11-20(21)24-14-6-7-15-24/h4-16H,1-3H3. The van der Waals surface area contributed by atoms with Gasteiger partial charge in [-0.2, -0.15) is 0 Å². The average molecular weight is 314 g/mol. The molecule has 24 heavy (non-hydrogen) atoms. The summed E-state index contributed by atoms with van der Waals surface area (Å²) in [6, 6.07) is 19.5. The van der Waals surface area contributed by atoms with Gasteiger partial charge in [-0.15, -0.1) is 0 Å². The molecule has 0 aliphatic heterocycles. The van der Waals surface area contributed by atoms with E-state index < -0.39 is 0 Å². The molecule has 0 unspecified atom stereocenters. The number of nitrogens with zero attached hydrogens (tertiary/aromatic N) is 2. The van der Waals surface area contributed by atoms with E-state index in [1.54, 1.807) is 0 Å². The SMILES string of the molecule is CC(C)(C)c1c(-n2cccc2)ccc2cc(-n3cccc3)ccc12.